The van der Waals surface area contributed by atoms with Crippen LogP contribution in [0, 0.1) is 5.82 Å². The van der Waals surface area contributed by atoms with E-state index < -0.39 is 15.8 Å². The summed E-state index contributed by atoms with van der Waals surface area (Å²) in [4.78, 5) is 0.0407. The Bertz CT molecular complexity index is 1360. The summed E-state index contributed by atoms with van der Waals surface area (Å²) in [5.41, 5.74) is 1.89. The summed E-state index contributed by atoms with van der Waals surface area (Å²) in [6.07, 6.45) is 0. The number of nitrogens with one attached hydrogen (secondary N) is 1. The van der Waals surface area contributed by atoms with Crippen LogP contribution in [0.2, 0.25) is 5.02 Å². The third-order valence-corrected chi connectivity index (χ3v) is 6.37. The second-order valence-corrected chi connectivity index (χ2v) is 9.14. The summed E-state index contributed by atoms with van der Waals surface area (Å²) >= 11 is 6.13. The van der Waals surface area contributed by atoms with E-state index >= 15 is 0 Å². The highest BCUT2D eigenvalue weighted by Gasteiger charge is 2.13. The molecule has 3 N–H and O–H groups in total. The lowest BCUT2D eigenvalue weighted by atomic mass is 10.0. The van der Waals surface area contributed by atoms with Crippen LogP contribution >= 0.6 is 11.6 Å². The molecule has 0 saturated carbocycles. The van der Waals surface area contributed by atoms with Crippen molar-refractivity contribution in [1.82, 2.24) is 0 Å². The minimum absolute atomic E-state index is 0.0140. The molecule has 0 aliphatic heterocycles. The van der Waals surface area contributed by atoms with Gasteiger partial charge in [0, 0.05) is 23.4 Å². The molecule has 0 heterocycles. The molecule has 0 spiro atoms. The van der Waals surface area contributed by atoms with Gasteiger partial charge < -0.3 is 10.1 Å². The fourth-order valence-corrected chi connectivity index (χ4v) is 4.14. The first-order valence-electron chi connectivity index (χ1n) is 9.76. The monoisotopic (exact) mass is 470 g/mol. The summed E-state index contributed by atoms with van der Waals surface area (Å²) in [7, 11) is -3.75. The third kappa shape index (κ3) is 4.85. The minimum Gasteiger partial charge on any atom is -0.488 e. The van der Waals surface area contributed by atoms with E-state index in [2.05, 4.69) is 5.32 Å². The highest BCUT2D eigenvalue weighted by molar-refractivity contribution is 7.89. The molecular formula is C24H20ClFN2O3S. The molecule has 32 heavy (non-hydrogen) atoms. The average Bonchev–Trinajstić information content (AvgIpc) is 2.77. The number of anilines is 1. The number of fused-ring (bicyclic) bond motifs is 1. The normalized spacial score (nSPS) is 11.5. The SMILES string of the molecule is NS(=O)(=O)c1ccc(NCc2c(OCc3c(F)cccc3Cl)ccc3ccccc23)cc1. The molecule has 8 heteroatoms. The van der Waals surface area contributed by atoms with Crippen LogP contribution in [-0.4, -0.2) is 8.42 Å². The van der Waals surface area contributed by atoms with Crippen LogP contribution in [0.5, 0.6) is 5.75 Å². The number of hydrogen-bond donors (Lipinski definition) is 2. The topological polar surface area (TPSA) is 81.4 Å². The average molecular weight is 471 g/mol. The van der Waals surface area contributed by atoms with Crippen molar-refractivity contribution in [1.29, 1.82) is 0 Å². The van der Waals surface area contributed by atoms with E-state index in [1.807, 2.05) is 36.4 Å². The van der Waals surface area contributed by atoms with E-state index in [1.54, 1.807) is 24.3 Å². The first kappa shape index (κ1) is 22.1. The van der Waals surface area contributed by atoms with Crippen LogP contribution in [0.15, 0.2) is 83.8 Å². The minimum atomic E-state index is -3.75. The molecule has 164 valence electrons. The Morgan fingerprint density at radius 2 is 1.66 bits per heavy atom. The first-order valence-corrected chi connectivity index (χ1v) is 11.7. The standard InChI is InChI=1S/C24H20ClFN2O3S/c25-22-6-3-7-23(26)21(22)15-31-24-13-8-16-4-1-2-5-19(16)20(24)14-28-17-9-11-18(12-10-17)32(27,29)30/h1-13,28H,14-15H2,(H2,27,29,30). The molecule has 0 aliphatic carbocycles. The smallest absolute Gasteiger partial charge is 0.238 e. The molecule has 4 rings (SSSR count). The number of benzene rings is 4. The van der Waals surface area contributed by atoms with Crippen molar-refractivity contribution in [3.05, 3.63) is 101 Å². The van der Waals surface area contributed by atoms with Crippen LogP contribution in [0.1, 0.15) is 11.1 Å². The molecule has 5 nitrogen and oxygen atoms in total. The maximum atomic E-state index is 14.2. The maximum absolute atomic E-state index is 14.2. The van der Waals surface area contributed by atoms with Crippen molar-refractivity contribution in [2.45, 2.75) is 18.0 Å². The second-order valence-electron chi connectivity index (χ2n) is 7.18. The molecule has 0 saturated heterocycles. The molecule has 4 aromatic carbocycles. The number of nitrogens with two attached hydrogens (primary N) is 1. The predicted molar refractivity (Wildman–Crippen MR) is 125 cm³/mol. The number of hydrogen-bond acceptors (Lipinski definition) is 4. The Morgan fingerprint density at radius 1 is 0.906 bits per heavy atom. The number of rotatable bonds is 7. The van der Waals surface area contributed by atoms with Crippen LogP contribution in [-0.2, 0) is 23.2 Å². The van der Waals surface area contributed by atoms with Crippen LogP contribution < -0.4 is 15.2 Å². The van der Waals surface area contributed by atoms with Crippen molar-refractivity contribution < 1.29 is 17.5 Å². The van der Waals surface area contributed by atoms with Gasteiger partial charge in [0.1, 0.15) is 18.2 Å². The molecule has 0 amide bonds. The molecule has 0 radical (unpaired) electrons. The number of primary sulfonamides is 1. The van der Waals surface area contributed by atoms with Crippen molar-refractivity contribution in [3.8, 4) is 5.75 Å². The summed E-state index contributed by atoms with van der Waals surface area (Å²) < 4.78 is 43.1. The second kappa shape index (κ2) is 9.16. The number of halogens is 2. The zero-order chi connectivity index (χ0) is 22.7. The highest BCUT2D eigenvalue weighted by Crippen LogP contribution is 2.31. The lowest BCUT2D eigenvalue weighted by molar-refractivity contribution is 0.297. The fourth-order valence-electron chi connectivity index (χ4n) is 3.41. The molecule has 0 atom stereocenters. The van der Waals surface area contributed by atoms with Gasteiger partial charge in [0.15, 0.2) is 0 Å². The summed E-state index contributed by atoms with van der Waals surface area (Å²) in [5.74, 6) is 0.171. The van der Waals surface area contributed by atoms with Crippen molar-refractivity contribution >= 4 is 38.1 Å². The highest BCUT2D eigenvalue weighted by atomic mass is 35.5. The molecule has 0 aliphatic rings. The van der Waals surface area contributed by atoms with Crippen LogP contribution in [0.3, 0.4) is 0 Å². The van der Waals surface area contributed by atoms with Crippen LogP contribution in [0.25, 0.3) is 10.8 Å². The zero-order valence-electron chi connectivity index (χ0n) is 16.9. The van der Waals surface area contributed by atoms with Gasteiger partial charge in [-0.15, -0.1) is 0 Å². The lowest BCUT2D eigenvalue weighted by Crippen LogP contribution is -2.12. The lowest BCUT2D eigenvalue weighted by Gasteiger charge is -2.16. The Hall–Kier alpha value is -3.13. The van der Waals surface area contributed by atoms with Crippen molar-refractivity contribution in [2.24, 2.45) is 5.14 Å². The molecule has 0 bridgehead atoms. The number of ether oxygens (including phenoxy) is 1. The van der Waals surface area contributed by atoms with E-state index in [9.17, 15) is 12.8 Å². The molecule has 4 aromatic rings. The van der Waals surface area contributed by atoms with E-state index in [-0.39, 0.29) is 11.5 Å². The Labute approximate surface area is 190 Å². The Kier molecular flexibility index (Phi) is 6.32. The summed E-state index contributed by atoms with van der Waals surface area (Å²) in [5, 5.41) is 10.8. The van der Waals surface area contributed by atoms with Gasteiger partial charge in [0.05, 0.1) is 9.92 Å². The molecule has 0 unspecified atom stereocenters. The fraction of sp³-hybridized carbons (Fsp3) is 0.0833. The van der Waals surface area contributed by atoms with Crippen molar-refractivity contribution in [2.75, 3.05) is 5.32 Å². The zero-order valence-corrected chi connectivity index (χ0v) is 18.5. The van der Waals surface area contributed by atoms with Crippen molar-refractivity contribution in [3.63, 3.8) is 0 Å². The van der Waals surface area contributed by atoms with Gasteiger partial charge in [-0.3, -0.25) is 0 Å². The van der Waals surface area contributed by atoms with Gasteiger partial charge in [-0.1, -0.05) is 48.0 Å². The van der Waals surface area contributed by atoms with Gasteiger partial charge in [-0.2, -0.15) is 0 Å². The molecular weight excluding hydrogens is 451 g/mol. The first-order chi connectivity index (χ1) is 15.3. The quantitative estimate of drug-likeness (QED) is 0.375. The predicted octanol–water partition coefficient (Wildman–Crippen LogP) is 5.47. The van der Waals surface area contributed by atoms with Gasteiger partial charge in [0.2, 0.25) is 10.0 Å². The summed E-state index contributed by atoms with van der Waals surface area (Å²) in [6, 6.07) is 22.3. The number of sulfonamides is 1. The largest absolute Gasteiger partial charge is 0.488 e. The van der Waals surface area contributed by atoms with Gasteiger partial charge in [-0.05, 0) is 53.2 Å². The Balaban J connectivity index is 1.62. The van der Waals surface area contributed by atoms with Gasteiger partial charge in [0.25, 0.3) is 0 Å². The van der Waals surface area contributed by atoms with Gasteiger partial charge in [-0.25, -0.2) is 17.9 Å². The maximum Gasteiger partial charge on any atom is 0.238 e. The molecule has 0 aromatic heterocycles. The van der Waals surface area contributed by atoms with E-state index in [4.69, 9.17) is 21.5 Å². The molecule has 0 fully saturated rings. The van der Waals surface area contributed by atoms with E-state index in [0.717, 1.165) is 16.3 Å². The summed E-state index contributed by atoms with van der Waals surface area (Å²) in [6.45, 7) is 0.385. The van der Waals surface area contributed by atoms with E-state index in [1.165, 1.54) is 18.2 Å². The third-order valence-electron chi connectivity index (χ3n) is 5.08. The van der Waals surface area contributed by atoms with Gasteiger partial charge >= 0.3 is 0 Å². The Morgan fingerprint density at radius 3 is 2.38 bits per heavy atom. The van der Waals surface area contributed by atoms with Crippen LogP contribution in [0.4, 0.5) is 10.1 Å². The van der Waals surface area contributed by atoms with E-state index in [0.29, 0.717) is 28.6 Å².